The molecule has 25 heavy (non-hydrogen) atoms. The highest BCUT2D eigenvalue weighted by Crippen LogP contribution is 2.31. The Bertz CT molecular complexity index is 738. The zero-order valence-electron chi connectivity index (χ0n) is 13.5. The SMILES string of the molecule is CN(C)CCNc1nc(Nc2ccc(Cl)c(Cl)c2)cc(C(F)(F)F)n1. The van der Waals surface area contributed by atoms with Gasteiger partial charge < -0.3 is 15.5 Å². The zero-order valence-corrected chi connectivity index (χ0v) is 15.0. The van der Waals surface area contributed by atoms with Gasteiger partial charge in [0.05, 0.1) is 10.0 Å². The summed E-state index contributed by atoms with van der Waals surface area (Å²) in [4.78, 5) is 9.47. The molecule has 2 rings (SSSR count). The Kier molecular flexibility index (Phi) is 6.31. The topological polar surface area (TPSA) is 53.1 Å². The van der Waals surface area contributed by atoms with Gasteiger partial charge in [0.1, 0.15) is 5.82 Å². The van der Waals surface area contributed by atoms with Gasteiger partial charge in [-0.2, -0.15) is 18.2 Å². The minimum atomic E-state index is -4.59. The van der Waals surface area contributed by atoms with E-state index in [1.807, 2.05) is 19.0 Å². The van der Waals surface area contributed by atoms with Gasteiger partial charge in [-0.25, -0.2) is 4.98 Å². The molecule has 1 aromatic heterocycles. The monoisotopic (exact) mass is 393 g/mol. The van der Waals surface area contributed by atoms with Crippen molar-refractivity contribution in [3.63, 3.8) is 0 Å². The average Bonchev–Trinajstić information content (AvgIpc) is 2.49. The van der Waals surface area contributed by atoms with Gasteiger partial charge in [0.25, 0.3) is 0 Å². The van der Waals surface area contributed by atoms with Crippen molar-refractivity contribution in [2.75, 3.05) is 37.8 Å². The van der Waals surface area contributed by atoms with Crippen LogP contribution in [-0.4, -0.2) is 42.1 Å². The lowest BCUT2D eigenvalue weighted by Crippen LogP contribution is -2.22. The third-order valence-corrected chi connectivity index (χ3v) is 3.79. The molecule has 0 spiro atoms. The van der Waals surface area contributed by atoms with Crippen LogP contribution in [-0.2, 0) is 6.18 Å². The number of hydrogen-bond donors (Lipinski definition) is 2. The van der Waals surface area contributed by atoms with Crippen LogP contribution in [0.5, 0.6) is 0 Å². The number of anilines is 3. The normalized spacial score (nSPS) is 11.7. The van der Waals surface area contributed by atoms with Gasteiger partial charge in [-0.1, -0.05) is 23.2 Å². The van der Waals surface area contributed by atoms with E-state index in [0.29, 0.717) is 23.8 Å². The van der Waals surface area contributed by atoms with Crippen molar-refractivity contribution in [3.05, 3.63) is 40.0 Å². The van der Waals surface area contributed by atoms with Crippen molar-refractivity contribution in [2.24, 2.45) is 0 Å². The number of nitrogens with one attached hydrogen (secondary N) is 2. The van der Waals surface area contributed by atoms with Crippen LogP contribution in [0.2, 0.25) is 10.0 Å². The molecular formula is C15H16Cl2F3N5. The largest absolute Gasteiger partial charge is 0.433 e. The van der Waals surface area contributed by atoms with Gasteiger partial charge in [-0.15, -0.1) is 0 Å². The van der Waals surface area contributed by atoms with E-state index >= 15 is 0 Å². The quantitative estimate of drug-likeness (QED) is 0.755. The van der Waals surface area contributed by atoms with Crippen molar-refractivity contribution in [1.29, 1.82) is 0 Å². The number of benzene rings is 1. The molecule has 5 nitrogen and oxygen atoms in total. The Balaban J connectivity index is 2.27. The first-order chi connectivity index (χ1) is 11.6. The average molecular weight is 394 g/mol. The van der Waals surface area contributed by atoms with Crippen LogP contribution >= 0.6 is 23.2 Å². The first-order valence-corrected chi connectivity index (χ1v) is 7.97. The first kappa shape index (κ1) is 19.6. The fraction of sp³-hybridized carbons (Fsp3) is 0.333. The highest BCUT2D eigenvalue weighted by molar-refractivity contribution is 6.42. The van der Waals surface area contributed by atoms with Gasteiger partial charge in [-0.05, 0) is 32.3 Å². The second kappa shape index (κ2) is 8.07. The summed E-state index contributed by atoms with van der Waals surface area (Å²) < 4.78 is 39.2. The molecule has 0 atom stereocenters. The Hall–Kier alpha value is -1.77. The summed E-state index contributed by atoms with van der Waals surface area (Å²) in [6, 6.07) is 5.45. The fourth-order valence-corrected chi connectivity index (χ4v) is 2.15. The van der Waals surface area contributed by atoms with Crippen molar-refractivity contribution >= 4 is 40.7 Å². The summed E-state index contributed by atoms with van der Waals surface area (Å²) in [6.07, 6.45) is -4.59. The van der Waals surface area contributed by atoms with Crippen LogP contribution in [0.1, 0.15) is 5.69 Å². The van der Waals surface area contributed by atoms with E-state index in [0.717, 1.165) is 6.07 Å². The summed E-state index contributed by atoms with van der Waals surface area (Å²) in [6.45, 7) is 1.02. The highest BCUT2D eigenvalue weighted by atomic mass is 35.5. The number of halogens is 5. The van der Waals surface area contributed by atoms with Gasteiger partial charge >= 0.3 is 6.18 Å². The van der Waals surface area contributed by atoms with Crippen LogP contribution in [0.4, 0.5) is 30.6 Å². The maximum atomic E-state index is 13.1. The number of alkyl halides is 3. The molecule has 0 aliphatic rings. The molecule has 1 aromatic carbocycles. The predicted molar refractivity (Wildman–Crippen MR) is 93.8 cm³/mol. The molecule has 2 N–H and O–H groups in total. The van der Waals surface area contributed by atoms with E-state index in [-0.39, 0.29) is 16.8 Å². The van der Waals surface area contributed by atoms with Gasteiger partial charge in [0.15, 0.2) is 5.69 Å². The summed E-state index contributed by atoms with van der Waals surface area (Å²) >= 11 is 11.7. The zero-order chi connectivity index (χ0) is 18.6. The van der Waals surface area contributed by atoms with E-state index in [9.17, 15) is 13.2 Å². The molecule has 10 heteroatoms. The first-order valence-electron chi connectivity index (χ1n) is 7.22. The molecule has 0 amide bonds. The molecule has 0 bridgehead atoms. The smallest absolute Gasteiger partial charge is 0.353 e. The number of rotatable bonds is 6. The predicted octanol–water partition coefficient (Wildman–Crippen LogP) is 4.52. The van der Waals surface area contributed by atoms with Gasteiger partial charge in [0.2, 0.25) is 5.95 Å². The second-order valence-electron chi connectivity index (χ2n) is 5.44. The van der Waals surface area contributed by atoms with E-state index in [2.05, 4.69) is 20.6 Å². The number of nitrogens with zero attached hydrogens (tertiary/aromatic N) is 3. The molecule has 0 aliphatic heterocycles. The van der Waals surface area contributed by atoms with E-state index < -0.39 is 11.9 Å². The third-order valence-electron chi connectivity index (χ3n) is 3.05. The molecule has 0 saturated carbocycles. The maximum absolute atomic E-state index is 13.1. The lowest BCUT2D eigenvalue weighted by atomic mass is 10.3. The van der Waals surface area contributed by atoms with Crippen molar-refractivity contribution in [2.45, 2.75) is 6.18 Å². The van der Waals surface area contributed by atoms with Gasteiger partial charge in [0, 0.05) is 24.8 Å². The Morgan fingerprint density at radius 3 is 2.40 bits per heavy atom. The summed E-state index contributed by atoms with van der Waals surface area (Å²) in [7, 11) is 3.71. The summed E-state index contributed by atoms with van der Waals surface area (Å²) in [5.41, 5.74) is -0.585. The lowest BCUT2D eigenvalue weighted by molar-refractivity contribution is -0.141. The Labute approximate surface area is 153 Å². The molecule has 0 unspecified atom stereocenters. The number of likely N-dealkylation sites (N-methyl/N-ethyl adjacent to an activating group) is 1. The van der Waals surface area contributed by atoms with Crippen LogP contribution in [0.3, 0.4) is 0 Å². The van der Waals surface area contributed by atoms with E-state index in [1.165, 1.54) is 12.1 Å². The molecular weight excluding hydrogens is 378 g/mol. The summed E-state index contributed by atoms with van der Waals surface area (Å²) in [5, 5.41) is 6.19. The van der Waals surface area contributed by atoms with Crippen molar-refractivity contribution < 1.29 is 13.2 Å². The lowest BCUT2D eigenvalue weighted by Gasteiger charge is -2.14. The molecule has 0 aliphatic carbocycles. The van der Waals surface area contributed by atoms with Crippen LogP contribution < -0.4 is 10.6 Å². The van der Waals surface area contributed by atoms with Crippen LogP contribution in [0.15, 0.2) is 24.3 Å². The number of hydrogen-bond acceptors (Lipinski definition) is 5. The molecule has 0 saturated heterocycles. The van der Waals surface area contributed by atoms with Crippen molar-refractivity contribution in [3.8, 4) is 0 Å². The molecule has 0 radical (unpaired) electrons. The van der Waals surface area contributed by atoms with Crippen molar-refractivity contribution in [1.82, 2.24) is 14.9 Å². The summed E-state index contributed by atoms with van der Waals surface area (Å²) in [5.74, 6) is -0.118. The fourth-order valence-electron chi connectivity index (χ4n) is 1.85. The standard InChI is InChI=1S/C15H16Cl2F3N5/c1-25(2)6-5-21-14-23-12(15(18,19)20)8-13(24-14)22-9-3-4-10(16)11(17)7-9/h3-4,7-8H,5-6H2,1-2H3,(H2,21,22,23,24). The van der Waals surface area contributed by atoms with Crippen LogP contribution in [0, 0.1) is 0 Å². The third kappa shape index (κ3) is 5.91. The Morgan fingerprint density at radius 2 is 1.80 bits per heavy atom. The van der Waals surface area contributed by atoms with E-state index in [1.54, 1.807) is 6.07 Å². The van der Waals surface area contributed by atoms with Crippen LogP contribution in [0.25, 0.3) is 0 Å². The maximum Gasteiger partial charge on any atom is 0.433 e. The van der Waals surface area contributed by atoms with Gasteiger partial charge in [-0.3, -0.25) is 0 Å². The Morgan fingerprint density at radius 1 is 1.08 bits per heavy atom. The van der Waals surface area contributed by atoms with E-state index in [4.69, 9.17) is 23.2 Å². The molecule has 1 heterocycles. The second-order valence-corrected chi connectivity index (χ2v) is 6.26. The highest BCUT2D eigenvalue weighted by Gasteiger charge is 2.33. The minimum Gasteiger partial charge on any atom is -0.353 e. The molecule has 2 aromatic rings. The molecule has 136 valence electrons. The number of aromatic nitrogens is 2. The molecule has 0 fully saturated rings. The minimum absolute atomic E-state index is 0.00642.